The van der Waals surface area contributed by atoms with Gasteiger partial charge in [-0.1, -0.05) is 152 Å². The number of nitrogens with zero attached hydrogens (tertiary/aromatic N) is 4. The van der Waals surface area contributed by atoms with Crippen LogP contribution < -0.4 is 14.5 Å². The number of aromatic nitrogens is 2. The lowest BCUT2D eigenvalue weighted by Gasteiger charge is -2.32. The molecule has 0 aliphatic carbocycles. The quantitative estimate of drug-likeness (QED) is 0.159. The first-order chi connectivity index (χ1) is 35.1. The van der Waals surface area contributed by atoms with Crippen LogP contribution in [0.1, 0.15) is 132 Å². The number of benzene rings is 7. The minimum Gasteiger partial charge on any atom is -0.457 e. The summed E-state index contributed by atoms with van der Waals surface area (Å²) in [7, 11) is 0. The summed E-state index contributed by atoms with van der Waals surface area (Å²) in [4.78, 5) is 9.61. The Bertz CT molecular complexity index is 3630. The fourth-order valence-electron chi connectivity index (χ4n) is 10.4. The molecule has 0 fully saturated rings. The van der Waals surface area contributed by atoms with Crippen molar-refractivity contribution in [3.63, 3.8) is 0 Å². The number of fused-ring (bicyclic) bond motifs is 4. The topological polar surface area (TPSA) is 33.5 Å². The van der Waals surface area contributed by atoms with E-state index in [9.17, 15) is 0 Å². The van der Waals surface area contributed by atoms with Gasteiger partial charge in [-0.2, -0.15) is 0 Å². The van der Waals surface area contributed by atoms with Crippen LogP contribution >= 0.6 is 0 Å². The van der Waals surface area contributed by atoms with Crippen LogP contribution in [-0.2, 0) is 27.1 Å². The highest BCUT2D eigenvalue weighted by Crippen LogP contribution is 2.53. The average molecular weight is 999 g/mol. The van der Waals surface area contributed by atoms with Crippen LogP contribution in [0.5, 0.6) is 11.5 Å². The van der Waals surface area contributed by atoms with Gasteiger partial charge in [0.15, 0.2) is 0 Å². The van der Waals surface area contributed by atoms with Crippen molar-refractivity contribution >= 4 is 44.6 Å². The van der Waals surface area contributed by atoms with Crippen molar-refractivity contribution in [1.29, 1.82) is 0 Å². The fraction of sp³-hybridized carbons (Fsp3) is 0.309. The summed E-state index contributed by atoms with van der Waals surface area (Å²) in [6, 6.07) is 49.5. The molecule has 0 saturated carbocycles. The molecule has 9 aromatic rings. The predicted octanol–water partition coefficient (Wildman–Crippen LogP) is 19.3. The zero-order valence-electron chi connectivity index (χ0n) is 46.6. The molecule has 2 aromatic heterocycles. The van der Waals surface area contributed by atoms with Crippen LogP contribution in [0.25, 0.3) is 49.9 Å². The smallest absolute Gasteiger partial charge is 0.137 e. The lowest BCUT2D eigenvalue weighted by molar-refractivity contribution is 0.479. The van der Waals surface area contributed by atoms with E-state index in [1.807, 2.05) is 6.20 Å². The average Bonchev–Trinajstić information content (AvgIpc) is 3.88. The van der Waals surface area contributed by atoms with Gasteiger partial charge in [0, 0.05) is 52.0 Å². The summed E-state index contributed by atoms with van der Waals surface area (Å²) in [6.45, 7) is 33.9. The lowest BCUT2D eigenvalue weighted by Crippen LogP contribution is -2.26. The maximum atomic E-state index is 15.6. The summed E-state index contributed by atoms with van der Waals surface area (Å²) in [5.41, 5.74) is 14.1. The molecule has 0 atom stereocenters. The summed E-state index contributed by atoms with van der Waals surface area (Å²) in [5.74, 6) is 1.04. The fourth-order valence-corrected chi connectivity index (χ4v) is 10.4. The summed E-state index contributed by atoms with van der Waals surface area (Å²) in [6.07, 6.45) is 1.91. The number of pyridine rings is 1. The third kappa shape index (κ3) is 9.95. The van der Waals surface area contributed by atoms with Crippen molar-refractivity contribution < 1.29 is 13.5 Å². The van der Waals surface area contributed by atoms with E-state index in [1.165, 1.54) is 28.8 Å². The van der Waals surface area contributed by atoms with Crippen molar-refractivity contribution in [3.8, 4) is 39.6 Å². The van der Waals surface area contributed by atoms with E-state index in [4.69, 9.17) is 9.72 Å². The Balaban J connectivity index is 1.15. The second-order valence-electron chi connectivity index (χ2n) is 25.9. The molecule has 0 bridgehead atoms. The number of para-hydroxylation sites is 3. The van der Waals surface area contributed by atoms with E-state index in [0.29, 0.717) is 23.7 Å². The minimum atomic E-state index is -0.620. The predicted molar refractivity (Wildman–Crippen MR) is 311 cm³/mol. The van der Waals surface area contributed by atoms with E-state index >= 15 is 8.78 Å². The summed E-state index contributed by atoms with van der Waals surface area (Å²) >= 11 is 0. The molecule has 75 heavy (non-hydrogen) atoms. The van der Waals surface area contributed by atoms with Crippen LogP contribution in [0.15, 0.2) is 152 Å². The summed E-state index contributed by atoms with van der Waals surface area (Å²) < 4.78 is 40.5. The molecule has 7 heteroatoms. The first kappa shape index (κ1) is 51.2. The van der Waals surface area contributed by atoms with Gasteiger partial charge in [-0.3, -0.25) is 4.57 Å². The van der Waals surface area contributed by atoms with Crippen LogP contribution in [0.2, 0.25) is 0 Å². The molecule has 1 aliphatic rings. The van der Waals surface area contributed by atoms with E-state index in [1.54, 1.807) is 0 Å². The second-order valence-corrected chi connectivity index (χ2v) is 25.9. The molecule has 0 amide bonds. The second kappa shape index (κ2) is 18.2. The van der Waals surface area contributed by atoms with Crippen LogP contribution in [-0.4, -0.2) is 16.2 Å². The molecule has 0 N–H and O–H groups in total. The third-order valence-electron chi connectivity index (χ3n) is 14.9. The normalized spacial score (nSPS) is 13.6. The highest BCUT2D eigenvalue weighted by Gasteiger charge is 2.35. The van der Waals surface area contributed by atoms with Crippen molar-refractivity contribution in [1.82, 2.24) is 9.55 Å². The molecule has 0 saturated heterocycles. The third-order valence-corrected chi connectivity index (χ3v) is 14.9. The van der Waals surface area contributed by atoms with E-state index in [-0.39, 0.29) is 27.1 Å². The van der Waals surface area contributed by atoms with Crippen molar-refractivity contribution in [2.24, 2.45) is 0 Å². The maximum Gasteiger partial charge on any atom is 0.137 e. The van der Waals surface area contributed by atoms with E-state index in [2.05, 4.69) is 246 Å². The molecular weight excluding hydrogens is 927 g/mol. The highest BCUT2D eigenvalue weighted by atomic mass is 19.1. The Morgan fingerprint density at radius 1 is 0.427 bits per heavy atom. The van der Waals surface area contributed by atoms with Crippen molar-refractivity contribution in [3.05, 3.63) is 191 Å². The van der Waals surface area contributed by atoms with Gasteiger partial charge in [0.1, 0.15) is 35.6 Å². The van der Waals surface area contributed by atoms with Crippen LogP contribution in [0, 0.1) is 11.6 Å². The van der Waals surface area contributed by atoms with Gasteiger partial charge in [-0.25, -0.2) is 13.8 Å². The van der Waals surface area contributed by atoms with Gasteiger partial charge < -0.3 is 14.5 Å². The molecule has 10 rings (SSSR count). The van der Waals surface area contributed by atoms with Gasteiger partial charge in [-0.05, 0) is 145 Å². The van der Waals surface area contributed by atoms with Gasteiger partial charge in [-0.15, -0.1) is 0 Å². The Hall–Kier alpha value is -7.25. The van der Waals surface area contributed by atoms with Gasteiger partial charge >= 0.3 is 0 Å². The van der Waals surface area contributed by atoms with Crippen molar-refractivity contribution in [2.45, 2.75) is 131 Å². The number of ether oxygens (including phenoxy) is 1. The van der Waals surface area contributed by atoms with Gasteiger partial charge in [0.25, 0.3) is 0 Å². The Labute approximate surface area is 443 Å². The number of anilines is 4. The van der Waals surface area contributed by atoms with E-state index in [0.717, 1.165) is 84.3 Å². The summed E-state index contributed by atoms with van der Waals surface area (Å²) in [5, 5.41) is 2.27. The Morgan fingerprint density at radius 3 is 1.55 bits per heavy atom. The molecule has 1 aliphatic heterocycles. The van der Waals surface area contributed by atoms with Crippen molar-refractivity contribution in [2.75, 3.05) is 16.5 Å². The van der Waals surface area contributed by atoms with Crippen LogP contribution in [0.4, 0.5) is 31.5 Å². The molecule has 0 unspecified atom stereocenters. The number of hydrogen-bond acceptors (Lipinski definition) is 4. The Kier molecular flexibility index (Phi) is 12.5. The molecule has 5 nitrogen and oxygen atoms in total. The van der Waals surface area contributed by atoms with Gasteiger partial charge in [0.2, 0.25) is 0 Å². The standard InChI is InChI=1S/C68H72F2N4O/c1-64(2,3)44-26-27-71-62(37-44)74-58-21-17-16-20-54(58)55-25-24-52(40-61(55)74)75-53-34-47(67(10,11)12)33-51(39-53)72-41-73(60-23-19-18-22-59(60)72)63-56(42-28-45(65(4,5)6)32-46(29-42)66(7,8)9)35-48(68(13,14)15)36-57(63)43-30-49(69)38-50(70)31-43/h16-40H,41H2,1-15H3. The molecule has 7 aromatic carbocycles. The largest absolute Gasteiger partial charge is 0.457 e. The number of hydrogen-bond donors (Lipinski definition) is 0. The molecular formula is C68H72F2N4O. The molecule has 0 radical (unpaired) electrons. The minimum absolute atomic E-state index is 0.0518. The molecule has 384 valence electrons. The lowest BCUT2D eigenvalue weighted by atomic mass is 9.77. The van der Waals surface area contributed by atoms with E-state index < -0.39 is 11.6 Å². The molecule has 0 spiro atoms. The monoisotopic (exact) mass is 999 g/mol. The number of rotatable bonds is 7. The SMILES string of the molecule is CC(C)(C)c1cc(Oc2ccc3c4ccccc4n(-c4cc(C(C)(C)C)ccn4)c3c2)cc(N2CN(c3c(-c4cc(F)cc(F)c4)cc(C(C)(C)C)cc3-c3cc(C(C)(C)C)cc(C(C)(C)C)c3)c3ccccc32)c1. The Morgan fingerprint density at radius 2 is 0.947 bits per heavy atom. The zero-order chi connectivity index (χ0) is 53.7. The first-order valence-corrected chi connectivity index (χ1v) is 26.4. The molecule has 3 heterocycles. The zero-order valence-corrected chi connectivity index (χ0v) is 46.6. The first-order valence-electron chi connectivity index (χ1n) is 26.4. The van der Waals surface area contributed by atoms with Crippen LogP contribution in [0.3, 0.4) is 0 Å². The number of halogens is 2. The van der Waals surface area contributed by atoms with Gasteiger partial charge in [0.05, 0.1) is 28.1 Å². The highest BCUT2D eigenvalue weighted by molar-refractivity contribution is 6.09. The maximum absolute atomic E-state index is 15.6.